The fourth-order valence-electron chi connectivity index (χ4n) is 2.74. The highest BCUT2D eigenvalue weighted by atomic mass is 16.5. The van der Waals surface area contributed by atoms with Crippen LogP contribution in [-0.4, -0.2) is 11.8 Å². The van der Waals surface area contributed by atoms with Gasteiger partial charge in [-0.3, -0.25) is 4.79 Å². The Bertz CT molecular complexity index is 796. The molecule has 0 atom stereocenters. The summed E-state index contributed by atoms with van der Waals surface area (Å²) in [4.78, 5) is 25.1. The molecule has 3 rings (SSSR count). The Hall–Kier alpha value is -3.20. The van der Waals surface area contributed by atoms with Gasteiger partial charge in [-0.05, 0) is 23.6 Å². The first kappa shape index (κ1) is 17.6. The summed E-state index contributed by atoms with van der Waals surface area (Å²) >= 11 is 0. The zero-order valence-corrected chi connectivity index (χ0v) is 14.4. The monoisotopic (exact) mass is 344 g/mol. The van der Waals surface area contributed by atoms with Gasteiger partial charge in [-0.2, -0.15) is 0 Å². The van der Waals surface area contributed by atoms with E-state index in [0.717, 1.165) is 11.1 Å². The average Bonchev–Trinajstić information content (AvgIpc) is 2.72. The van der Waals surface area contributed by atoms with Crippen molar-refractivity contribution in [1.82, 2.24) is 0 Å². The second-order valence-corrected chi connectivity index (χ2v) is 6.02. The fraction of sp³-hybridized carbons (Fsp3) is 0.130. The molecule has 0 aliphatic heterocycles. The third-order valence-corrected chi connectivity index (χ3v) is 4.14. The van der Waals surface area contributed by atoms with E-state index in [1.165, 1.54) is 0 Å². The molecule has 0 aromatic heterocycles. The van der Waals surface area contributed by atoms with Crippen molar-refractivity contribution in [3.63, 3.8) is 0 Å². The van der Waals surface area contributed by atoms with E-state index in [-0.39, 0.29) is 12.4 Å². The van der Waals surface area contributed by atoms with Crippen LogP contribution in [0.15, 0.2) is 84.9 Å². The number of carbonyl (C=O) groups is 2. The highest BCUT2D eigenvalue weighted by molar-refractivity contribution is 6.06. The number of ketones is 1. The molecule has 0 heterocycles. The highest BCUT2D eigenvalue weighted by Gasteiger charge is 2.17. The van der Waals surface area contributed by atoms with Crippen LogP contribution in [0.2, 0.25) is 0 Å². The van der Waals surface area contributed by atoms with Gasteiger partial charge in [0.05, 0.1) is 5.56 Å². The lowest BCUT2D eigenvalue weighted by molar-refractivity contribution is 0.0469. The van der Waals surface area contributed by atoms with Crippen molar-refractivity contribution >= 4 is 11.8 Å². The maximum atomic E-state index is 12.6. The predicted octanol–water partition coefficient (Wildman–Crippen LogP) is 4.86. The Morgan fingerprint density at radius 2 is 1.19 bits per heavy atom. The molecule has 26 heavy (non-hydrogen) atoms. The normalized spacial score (nSPS) is 10.3. The first-order chi connectivity index (χ1) is 12.7. The molecule has 0 saturated heterocycles. The van der Waals surface area contributed by atoms with Crippen molar-refractivity contribution in [2.24, 2.45) is 0 Å². The number of rotatable bonds is 7. The van der Waals surface area contributed by atoms with Gasteiger partial charge in [0.15, 0.2) is 5.78 Å². The first-order valence-corrected chi connectivity index (χ1v) is 8.61. The quantitative estimate of drug-likeness (QED) is 0.454. The summed E-state index contributed by atoms with van der Waals surface area (Å²) in [5.74, 6) is -0.529. The van der Waals surface area contributed by atoms with Crippen LogP contribution >= 0.6 is 0 Å². The van der Waals surface area contributed by atoms with Crippen LogP contribution in [0.25, 0.3) is 0 Å². The van der Waals surface area contributed by atoms with E-state index in [1.807, 2.05) is 60.7 Å². The number of ether oxygens (including phenoxy) is 1. The van der Waals surface area contributed by atoms with Gasteiger partial charge in [0.25, 0.3) is 0 Å². The zero-order valence-electron chi connectivity index (χ0n) is 14.4. The van der Waals surface area contributed by atoms with E-state index < -0.39 is 5.97 Å². The summed E-state index contributed by atoms with van der Waals surface area (Å²) in [6, 6.07) is 26.2. The smallest absolute Gasteiger partial charge is 0.339 e. The third kappa shape index (κ3) is 4.67. The van der Waals surface area contributed by atoms with Gasteiger partial charge in [0.1, 0.15) is 6.61 Å². The minimum Gasteiger partial charge on any atom is -0.457 e. The van der Waals surface area contributed by atoms with Gasteiger partial charge in [0, 0.05) is 12.0 Å². The Balaban J connectivity index is 1.66. The Morgan fingerprint density at radius 1 is 0.654 bits per heavy atom. The predicted molar refractivity (Wildman–Crippen MR) is 101 cm³/mol. The molecule has 3 nitrogen and oxygen atoms in total. The number of carbonyl (C=O) groups excluding carboxylic acids is 2. The molecule has 3 aromatic carbocycles. The lowest BCUT2D eigenvalue weighted by atomic mass is 9.98. The van der Waals surface area contributed by atoms with Crippen LogP contribution in [-0.2, 0) is 17.8 Å². The minimum absolute atomic E-state index is 0.0545. The topological polar surface area (TPSA) is 43.4 Å². The molecule has 130 valence electrons. The fourth-order valence-corrected chi connectivity index (χ4v) is 2.74. The van der Waals surface area contributed by atoms with Crippen molar-refractivity contribution in [3.8, 4) is 0 Å². The standard InChI is InChI=1S/C23H20O3/c24-22(16-15-18-9-3-1-4-10-18)20-13-7-8-14-21(20)23(25)26-17-19-11-5-2-6-12-19/h1-14H,15-17H2. The van der Waals surface area contributed by atoms with E-state index in [4.69, 9.17) is 4.74 Å². The number of hydrogen-bond acceptors (Lipinski definition) is 3. The largest absolute Gasteiger partial charge is 0.457 e. The van der Waals surface area contributed by atoms with Gasteiger partial charge >= 0.3 is 5.97 Å². The van der Waals surface area contributed by atoms with E-state index in [2.05, 4.69) is 0 Å². The van der Waals surface area contributed by atoms with Crippen LogP contribution in [0.1, 0.15) is 38.3 Å². The van der Waals surface area contributed by atoms with Crippen molar-refractivity contribution in [3.05, 3.63) is 107 Å². The Morgan fingerprint density at radius 3 is 1.85 bits per heavy atom. The van der Waals surface area contributed by atoms with Crippen LogP contribution in [0.4, 0.5) is 0 Å². The van der Waals surface area contributed by atoms with Crippen molar-refractivity contribution in [2.75, 3.05) is 0 Å². The summed E-state index contributed by atoms with van der Waals surface area (Å²) in [5.41, 5.74) is 2.75. The van der Waals surface area contributed by atoms with Crippen LogP contribution in [0.5, 0.6) is 0 Å². The maximum absolute atomic E-state index is 12.6. The molecule has 0 radical (unpaired) electrons. The molecule has 3 aromatic rings. The third-order valence-electron chi connectivity index (χ3n) is 4.14. The van der Waals surface area contributed by atoms with Gasteiger partial charge in [0.2, 0.25) is 0 Å². The van der Waals surface area contributed by atoms with Gasteiger partial charge in [-0.1, -0.05) is 78.9 Å². The molecule has 0 bridgehead atoms. The van der Waals surface area contributed by atoms with E-state index in [1.54, 1.807) is 24.3 Å². The van der Waals surface area contributed by atoms with Gasteiger partial charge in [-0.15, -0.1) is 0 Å². The van der Waals surface area contributed by atoms with E-state index >= 15 is 0 Å². The SMILES string of the molecule is O=C(CCc1ccccc1)c1ccccc1C(=O)OCc1ccccc1. The molecule has 0 spiro atoms. The molecule has 0 saturated carbocycles. The summed E-state index contributed by atoms with van der Waals surface area (Å²) in [6.45, 7) is 0.187. The molecular weight excluding hydrogens is 324 g/mol. The van der Waals surface area contributed by atoms with Gasteiger partial charge in [-0.25, -0.2) is 4.79 Å². The maximum Gasteiger partial charge on any atom is 0.339 e. The number of hydrogen-bond donors (Lipinski definition) is 0. The molecule has 0 aliphatic carbocycles. The minimum atomic E-state index is -0.475. The number of esters is 1. The number of Topliss-reactive ketones (excluding diaryl/α,β-unsaturated/α-hetero) is 1. The first-order valence-electron chi connectivity index (χ1n) is 8.61. The second kappa shape index (κ2) is 8.77. The molecule has 0 fully saturated rings. The zero-order chi connectivity index (χ0) is 18.2. The van der Waals surface area contributed by atoms with Gasteiger partial charge < -0.3 is 4.74 Å². The molecule has 0 aliphatic rings. The number of aryl methyl sites for hydroxylation is 1. The van der Waals surface area contributed by atoms with Crippen molar-refractivity contribution < 1.29 is 14.3 Å². The molecule has 0 unspecified atom stereocenters. The highest BCUT2D eigenvalue weighted by Crippen LogP contribution is 2.15. The molecular formula is C23H20O3. The Labute approximate surface area is 153 Å². The van der Waals surface area contributed by atoms with E-state index in [0.29, 0.717) is 24.0 Å². The summed E-state index contributed by atoms with van der Waals surface area (Å²) in [6.07, 6.45) is 1.00. The average molecular weight is 344 g/mol. The summed E-state index contributed by atoms with van der Waals surface area (Å²) in [5, 5.41) is 0. The van der Waals surface area contributed by atoms with Crippen molar-refractivity contribution in [1.29, 1.82) is 0 Å². The van der Waals surface area contributed by atoms with Crippen LogP contribution in [0.3, 0.4) is 0 Å². The molecule has 0 N–H and O–H groups in total. The van der Waals surface area contributed by atoms with Crippen LogP contribution < -0.4 is 0 Å². The lowest BCUT2D eigenvalue weighted by Crippen LogP contribution is -2.12. The second-order valence-electron chi connectivity index (χ2n) is 6.02. The van der Waals surface area contributed by atoms with E-state index in [9.17, 15) is 9.59 Å². The number of benzene rings is 3. The Kier molecular flexibility index (Phi) is 5.94. The van der Waals surface area contributed by atoms with Crippen molar-refractivity contribution in [2.45, 2.75) is 19.4 Å². The summed E-state index contributed by atoms with van der Waals surface area (Å²) in [7, 11) is 0. The summed E-state index contributed by atoms with van der Waals surface area (Å²) < 4.78 is 5.38. The molecule has 0 amide bonds. The lowest BCUT2D eigenvalue weighted by Gasteiger charge is -2.09. The van der Waals surface area contributed by atoms with Crippen LogP contribution in [0, 0.1) is 0 Å². The molecule has 3 heteroatoms.